The lowest BCUT2D eigenvalue weighted by atomic mass is 10.0. The summed E-state index contributed by atoms with van der Waals surface area (Å²) in [5.74, 6) is -1.30. The van der Waals surface area contributed by atoms with Gasteiger partial charge < -0.3 is 16.2 Å². The number of hydrogen-bond acceptors (Lipinski definition) is 3. The molecule has 1 amide bonds. The van der Waals surface area contributed by atoms with Gasteiger partial charge in [-0.1, -0.05) is 18.2 Å². The van der Waals surface area contributed by atoms with Gasteiger partial charge in [-0.2, -0.15) is 0 Å². The monoisotopic (exact) mass is 236 g/mol. The molecule has 0 unspecified atom stereocenters. The van der Waals surface area contributed by atoms with Crippen molar-refractivity contribution in [1.29, 1.82) is 0 Å². The fourth-order valence-electron chi connectivity index (χ4n) is 1.24. The van der Waals surface area contributed by atoms with Gasteiger partial charge in [0.1, 0.15) is 0 Å². The van der Waals surface area contributed by atoms with Crippen molar-refractivity contribution in [1.82, 2.24) is 0 Å². The van der Waals surface area contributed by atoms with E-state index in [2.05, 4.69) is 5.32 Å². The topological polar surface area (TPSA) is 92.4 Å². The third kappa shape index (κ3) is 3.88. The molecule has 0 bridgehead atoms. The number of nitrogens with one attached hydrogen (secondary N) is 1. The van der Waals surface area contributed by atoms with Crippen LogP contribution in [0.3, 0.4) is 0 Å². The number of carbonyl (C=O) groups is 2. The smallest absolute Gasteiger partial charge is 0.307 e. The molecule has 4 N–H and O–H groups in total. The van der Waals surface area contributed by atoms with E-state index in [1.165, 1.54) is 0 Å². The van der Waals surface area contributed by atoms with Gasteiger partial charge in [-0.25, -0.2) is 0 Å². The van der Waals surface area contributed by atoms with E-state index < -0.39 is 11.5 Å². The first-order chi connectivity index (χ1) is 7.80. The van der Waals surface area contributed by atoms with Gasteiger partial charge in [-0.05, 0) is 25.5 Å². The number of rotatable bonds is 4. The van der Waals surface area contributed by atoms with E-state index >= 15 is 0 Å². The van der Waals surface area contributed by atoms with Gasteiger partial charge in [0.2, 0.25) is 5.91 Å². The standard InChI is InChI=1S/C12H16N2O3/c1-12(2,13)11(17)14-9-6-4-3-5-8(9)7-10(15)16/h3-6H,7,13H2,1-2H3,(H,14,17)(H,15,16). The van der Waals surface area contributed by atoms with Crippen LogP contribution in [0, 0.1) is 0 Å². The van der Waals surface area contributed by atoms with Crippen molar-refractivity contribution >= 4 is 17.6 Å². The van der Waals surface area contributed by atoms with Gasteiger partial charge >= 0.3 is 5.97 Å². The summed E-state index contributed by atoms with van der Waals surface area (Å²) in [6.45, 7) is 3.17. The Hall–Kier alpha value is -1.88. The Morgan fingerprint density at radius 2 is 1.94 bits per heavy atom. The Morgan fingerprint density at radius 3 is 2.47 bits per heavy atom. The zero-order valence-electron chi connectivity index (χ0n) is 9.86. The lowest BCUT2D eigenvalue weighted by molar-refractivity contribution is -0.136. The number of nitrogens with two attached hydrogens (primary N) is 1. The molecule has 0 spiro atoms. The number of hydrogen-bond donors (Lipinski definition) is 3. The maximum Gasteiger partial charge on any atom is 0.307 e. The van der Waals surface area contributed by atoms with Crippen LogP contribution in [0.1, 0.15) is 19.4 Å². The van der Waals surface area contributed by atoms with Crippen LogP contribution in [0.5, 0.6) is 0 Å². The highest BCUT2D eigenvalue weighted by Gasteiger charge is 2.22. The first-order valence-corrected chi connectivity index (χ1v) is 5.20. The lowest BCUT2D eigenvalue weighted by Gasteiger charge is -2.19. The molecule has 0 aliphatic heterocycles. The molecule has 0 fully saturated rings. The first kappa shape index (κ1) is 13.2. The van der Waals surface area contributed by atoms with Crippen LogP contribution in [-0.2, 0) is 16.0 Å². The lowest BCUT2D eigenvalue weighted by Crippen LogP contribution is -2.45. The minimum absolute atomic E-state index is 0.137. The number of para-hydroxylation sites is 1. The second kappa shape index (κ2) is 4.97. The van der Waals surface area contributed by atoms with Crippen molar-refractivity contribution in [2.24, 2.45) is 5.73 Å². The second-order valence-corrected chi connectivity index (χ2v) is 4.40. The molecule has 1 rings (SSSR count). The van der Waals surface area contributed by atoms with Gasteiger partial charge in [0.05, 0.1) is 12.0 Å². The highest BCUT2D eigenvalue weighted by atomic mass is 16.4. The maximum absolute atomic E-state index is 11.7. The summed E-state index contributed by atoms with van der Waals surface area (Å²) in [5.41, 5.74) is 5.68. The number of anilines is 1. The predicted molar refractivity (Wildman–Crippen MR) is 64.7 cm³/mol. The summed E-state index contributed by atoms with van der Waals surface area (Å²) in [6, 6.07) is 6.77. The van der Waals surface area contributed by atoms with Crippen LogP contribution in [-0.4, -0.2) is 22.5 Å². The van der Waals surface area contributed by atoms with Crippen LogP contribution in [0.2, 0.25) is 0 Å². The Kier molecular flexibility index (Phi) is 3.85. The molecule has 92 valence electrons. The van der Waals surface area contributed by atoms with E-state index in [4.69, 9.17) is 10.8 Å². The Morgan fingerprint density at radius 1 is 1.35 bits per heavy atom. The zero-order valence-corrected chi connectivity index (χ0v) is 9.86. The summed E-state index contributed by atoms with van der Waals surface area (Å²) in [6.07, 6.45) is -0.137. The van der Waals surface area contributed by atoms with E-state index in [9.17, 15) is 9.59 Å². The molecule has 0 saturated heterocycles. The van der Waals surface area contributed by atoms with Gasteiger partial charge in [-0.3, -0.25) is 9.59 Å². The van der Waals surface area contributed by atoms with Crippen molar-refractivity contribution in [3.63, 3.8) is 0 Å². The fraction of sp³-hybridized carbons (Fsp3) is 0.333. The number of aliphatic carboxylic acids is 1. The summed E-state index contributed by atoms with van der Waals surface area (Å²) >= 11 is 0. The number of amides is 1. The predicted octanol–water partition coefficient (Wildman–Crippen LogP) is 0.989. The number of carboxylic acids is 1. The molecule has 0 aromatic heterocycles. The minimum atomic E-state index is -1.00. The number of carboxylic acid groups (broad SMARTS) is 1. The molecule has 0 saturated carbocycles. The Bertz CT molecular complexity index is 436. The first-order valence-electron chi connectivity index (χ1n) is 5.20. The summed E-state index contributed by atoms with van der Waals surface area (Å²) in [7, 11) is 0. The average Bonchev–Trinajstić information content (AvgIpc) is 2.18. The van der Waals surface area contributed by atoms with E-state index in [1.54, 1.807) is 38.1 Å². The minimum Gasteiger partial charge on any atom is -0.481 e. The van der Waals surface area contributed by atoms with Crippen molar-refractivity contribution in [3.8, 4) is 0 Å². The summed E-state index contributed by atoms with van der Waals surface area (Å²) in [5, 5.41) is 11.4. The van der Waals surface area contributed by atoms with E-state index in [-0.39, 0.29) is 12.3 Å². The molecule has 0 radical (unpaired) electrons. The normalized spacial score (nSPS) is 11.0. The fourth-order valence-corrected chi connectivity index (χ4v) is 1.24. The SMILES string of the molecule is CC(C)(N)C(=O)Nc1ccccc1CC(=O)O. The average molecular weight is 236 g/mol. The van der Waals surface area contributed by atoms with Crippen molar-refractivity contribution in [2.75, 3.05) is 5.32 Å². The molecular weight excluding hydrogens is 220 g/mol. The van der Waals surface area contributed by atoms with Crippen LogP contribution in [0.25, 0.3) is 0 Å². The van der Waals surface area contributed by atoms with Crippen LogP contribution >= 0.6 is 0 Å². The number of carbonyl (C=O) groups excluding carboxylic acids is 1. The van der Waals surface area contributed by atoms with E-state index in [0.717, 1.165) is 0 Å². The van der Waals surface area contributed by atoms with E-state index in [1.807, 2.05) is 0 Å². The molecule has 5 heteroatoms. The Balaban J connectivity index is 2.91. The highest BCUT2D eigenvalue weighted by Crippen LogP contribution is 2.17. The molecule has 0 atom stereocenters. The van der Waals surface area contributed by atoms with Crippen LogP contribution in [0.4, 0.5) is 5.69 Å². The molecule has 0 aliphatic rings. The van der Waals surface area contributed by atoms with Gasteiger partial charge in [-0.15, -0.1) is 0 Å². The maximum atomic E-state index is 11.7. The number of benzene rings is 1. The second-order valence-electron chi connectivity index (χ2n) is 4.40. The van der Waals surface area contributed by atoms with E-state index in [0.29, 0.717) is 11.3 Å². The molecule has 0 aliphatic carbocycles. The highest BCUT2D eigenvalue weighted by molar-refractivity contribution is 5.98. The van der Waals surface area contributed by atoms with Crippen molar-refractivity contribution < 1.29 is 14.7 Å². The molecule has 0 heterocycles. The largest absolute Gasteiger partial charge is 0.481 e. The molecule has 1 aromatic rings. The summed E-state index contributed by atoms with van der Waals surface area (Å²) < 4.78 is 0. The van der Waals surface area contributed by atoms with Crippen LogP contribution in [0.15, 0.2) is 24.3 Å². The molecule has 17 heavy (non-hydrogen) atoms. The quantitative estimate of drug-likeness (QED) is 0.726. The molecule has 1 aromatic carbocycles. The third-order valence-corrected chi connectivity index (χ3v) is 2.19. The van der Waals surface area contributed by atoms with Gasteiger partial charge in [0.25, 0.3) is 0 Å². The molecular formula is C12H16N2O3. The van der Waals surface area contributed by atoms with Crippen LogP contribution < -0.4 is 11.1 Å². The molecule has 5 nitrogen and oxygen atoms in total. The van der Waals surface area contributed by atoms with Crippen molar-refractivity contribution in [3.05, 3.63) is 29.8 Å². The van der Waals surface area contributed by atoms with Gasteiger partial charge in [0, 0.05) is 5.69 Å². The summed E-state index contributed by atoms with van der Waals surface area (Å²) in [4.78, 5) is 22.4. The van der Waals surface area contributed by atoms with Crippen molar-refractivity contribution in [2.45, 2.75) is 25.8 Å². The third-order valence-electron chi connectivity index (χ3n) is 2.19. The zero-order chi connectivity index (χ0) is 13.1. The van der Waals surface area contributed by atoms with Gasteiger partial charge in [0.15, 0.2) is 0 Å². The Labute approximate surface area is 99.6 Å².